The molecule has 190 valence electrons. The zero-order chi connectivity index (χ0) is 26.8. The molecule has 5 aromatic rings. The van der Waals surface area contributed by atoms with Crippen LogP contribution in [0.3, 0.4) is 0 Å². The Morgan fingerprint density at radius 3 is 2.66 bits per heavy atom. The number of amides is 1. The number of nitrogen functional groups attached to an aromatic ring is 1. The summed E-state index contributed by atoms with van der Waals surface area (Å²) in [7, 11) is 0. The van der Waals surface area contributed by atoms with Gasteiger partial charge in [0.05, 0.1) is 11.3 Å². The van der Waals surface area contributed by atoms with Gasteiger partial charge in [-0.1, -0.05) is 17.7 Å². The summed E-state index contributed by atoms with van der Waals surface area (Å²) in [6, 6.07) is 4.85. The van der Waals surface area contributed by atoms with Crippen molar-refractivity contribution in [2.24, 2.45) is 0 Å². The number of H-pyrrole nitrogens is 1. The van der Waals surface area contributed by atoms with E-state index < -0.39 is 28.4 Å². The van der Waals surface area contributed by atoms with Crippen molar-refractivity contribution < 1.29 is 13.6 Å². The quantitative estimate of drug-likeness (QED) is 0.321. The average molecular weight is 535 g/mol. The van der Waals surface area contributed by atoms with Gasteiger partial charge in [-0.05, 0) is 19.1 Å². The van der Waals surface area contributed by atoms with Crippen molar-refractivity contribution in [3.05, 3.63) is 98.4 Å². The van der Waals surface area contributed by atoms with Gasteiger partial charge < -0.3 is 20.4 Å². The highest BCUT2D eigenvalue weighted by Gasteiger charge is 2.48. The summed E-state index contributed by atoms with van der Waals surface area (Å²) in [5.41, 5.74) is 5.79. The number of aromatic nitrogens is 6. The normalized spacial score (nSPS) is 16.6. The maximum absolute atomic E-state index is 14.4. The van der Waals surface area contributed by atoms with E-state index in [0.29, 0.717) is 5.65 Å². The molecule has 0 bridgehead atoms. The van der Waals surface area contributed by atoms with E-state index in [0.717, 1.165) is 0 Å². The molecule has 10 nitrogen and oxygen atoms in total. The third kappa shape index (κ3) is 3.52. The summed E-state index contributed by atoms with van der Waals surface area (Å²) in [6.07, 6.45) is 5.89. The largest absolute Gasteiger partial charge is 0.383 e. The molecule has 1 amide bonds. The van der Waals surface area contributed by atoms with Crippen LogP contribution >= 0.6 is 11.6 Å². The molecular formula is C25H17ClF2N8O2. The Morgan fingerprint density at radius 2 is 1.92 bits per heavy atom. The average Bonchev–Trinajstić information content (AvgIpc) is 3.46. The number of aromatic amines is 1. The molecule has 4 N–H and O–H groups in total. The van der Waals surface area contributed by atoms with E-state index in [9.17, 15) is 18.4 Å². The second kappa shape index (κ2) is 8.42. The lowest BCUT2D eigenvalue weighted by Crippen LogP contribution is -2.34. The van der Waals surface area contributed by atoms with E-state index in [2.05, 4.69) is 30.2 Å². The Labute approximate surface area is 217 Å². The van der Waals surface area contributed by atoms with Crippen molar-refractivity contribution in [1.29, 1.82) is 0 Å². The number of imidazole rings is 1. The Hall–Kier alpha value is -4.71. The molecule has 38 heavy (non-hydrogen) atoms. The first-order valence-electron chi connectivity index (χ1n) is 11.3. The minimum atomic E-state index is -1.39. The number of rotatable bonds is 4. The molecule has 0 unspecified atom stereocenters. The van der Waals surface area contributed by atoms with Crippen molar-refractivity contribution in [1.82, 2.24) is 29.3 Å². The summed E-state index contributed by atoms with van der Waals surface area (Å²) in [4.78, 5) is 45.8. The zero-order valence-corrected chi connectivity index (χ0v) is 20.3. The summed E-state index contributed by atoms with van der Waals surface area (Å²) in [6.45, 7) is 1.59. The molecule has 1 atom stereocenters. The van der Waals surface area contributed by atoms with Crippen LogP contribution in [0.25, 0.3) is 17.2 Å². The fraction of sp³-hybridized carbons (Fsp3) is 0.120. The predicted molar refractivity (Wildman–Crippen MR) is 135 cm³/mol. The highest BCUT2D eigenvalue weighted by Crippen LogP contribution is 2.44. The van der Waals surface area contributed by atoms with Crippen molar-refractivity contribution >= 4 is 34.8 Å². The molecular weight excluding hydrogens is 518 g/mol. The molecule has 1 aliphatic heterocycles. The lowest BCUT2D eigenvalue weighted by atomic mass is 9.81. The van der Waals surface area contributed by atoms with Crippen LogP contribution < -0.4 is 16.5 Å². The van der Waals surface area contributed by atoms with E-state index >= 15 is 0 Å². The molecule has 0 fully saturated rings. The van der Waals surface area contributed by atoms with Gasteiger partial charge in [0.1, 0.15) is 39.4 Å². The van der Waals surface area contributed by atoms with Crippen molar-refractivity contribution in [2.45, 2.75) is 18.8 Å². The highest BCUT2D eigenvalue weighted by molar-refractivity contribution is 6.30. The van der Waals surface area contributed by atoms with Crippen LogP contribution in [0.2, 0.25) is 5.02 Å². The van der Waals surface area contributed by atoms with Crippen LogP contribution in [0.5, 0.6) is 0 Å². The van der Waals surface area contributed by atoms with Crippen LogP contribution in [0, 0.1) is 11.6 Å². The van der Waals surface area contributed by atoms with Crippen LogP contribution in [0.1, 0.15) is 29.4 Å². The fourth-order valence-corrected chi connectivity index (χ4v) is 4.72. The van der Waals surface area contributed by atoms with Gasteiger partial charge in [-0.2, -0.15) is 0 Å². The van der Waals surface area contributed by atoms with E-state index in [1.807, 2.05) is 0 Å². The molecule has 0 saturated heterocycles. The van der Waals surface area contributed by atoms with Crippen LogP contribution in [-0.4, -0.2) is 35.2 Å². The number of hydrogen-bond donors (Lipinski definition) is 3. The first kappa shape index (κ1) is 23.7. The Balaban J connectivity index is 1.48. The van der Waals surface area contributed by atoms with Gasteiger partial charge in [0, 0.05) is 48.5 Å². The second-order valence-corrected chi connectivity index (χ2v) is 9.31. The fourth-order valence-electron chi connectivity index (χ4n) is 4.61. The van der Waals surface area contributed by atoms with Gasteiger partial charge in [0.2, 0.25) is 5.91 Å². The minimum absolute atomic E-state index is 0.0177. The smallest absolute Gasteiger partial charge is 0.242 e. The molecule has 5 heterocycles. The SMILES string of the molecule is C[C@]1(c2cc(=O)c(Cl)c[nH]2)C(=O)Nc2nc(-c3cn4ccnc4c(Cc4c(F)cccc4F)n3)nc(N)c21. The third-order valence-corrected chi connectivity index (χ3v) is 6.90. The minimum Gasteiger partial charge on any atom is -0.383 e. The number of nitrogens with zero attached hydrogens (tertiary/aromatic N) is 5. The van der Waals surface area contributed by atoms with Crippen LogP contribution in [0.15, 0.2) is 53.8 Å². The number of hydrogen-bond acceptors (Lipinski definition) is 7. The van der Waals surface area contributed by atoms with Gasteiger partial charge >= 0.3 is 0 Å². The number of halogens is 3. The molecule has 1 aromatic carbocycles. The van der Waals surface area contributed by atoms with Gasteiger partial charge in [-0.3, -0.25) is 9.59 Å². The van der Waals surface area contributed by atoms with Gasteiger partial charge in [-0.15, -0.1) is 0 Å². The zero-order valence-electron chi connectivity index (χ0n) is 19.6. The van der Waals surface area contributed by atoms with E-state index in [-0.39, 0.29) is 57.1 Å². The number of benzene rings is 1. The number of nitrogens with one attached hydrogen (secondary N) is 2. The number of anilines is 2. The third-order valence-electron chi connectivity index (χ3n) is 6.61. The van der Waals surface area contributed by atoms with Crippen LogP contribution in [0.4, 0.5) is 20.4 Å². The van der Waals surface area contributed by atoms with Gasteiger partial charge in [0.25, 0.3) is 0 Å². The summed E-state index contributed by atoms with van der Waals surface area (Å²) < 4.78 is 30.4. The first-order chi connectivity index (χ1) is 18.2. The molecule has 0 spiro atoms. The monoisotopic (exact) mass is 534 g/mol. The number of nitrogens with two attached hydrogens (primary N) is 1. The Morgan fingerprint density at radius 1 is 1.16 bits per heavy atom. The number of pyridine rings is 1. The second-order valence-electron chi connectivity index (χ2n) is 8.90. The Bertz CT molecular complexity index is 1830. The summed E-state index contributed by atoms with van der Waals surface area (Å²) >= 11 is 5.85. The molecule has 4 aromatic heterocycles. The van der Waals surface area contributed by atoms with E-state index in [1.54, 1.807) is 23.7 Å². The van der Waals surface area contributed by atoms with E-state index in [4.69, 9.17) is 17.3 Å². The summed E-state index contributed by atoms with van der Waals surface area (Å²) in [5, 5.41) is 2.68. The molecule has 6 rings (SSSR count). The molecule has 1 aliphatic rings. The van der Waals surface area contributed by atoms with E-state index in [1.165, 1.54) is 36.7 Å². The number of carbonyl (C=O) groups is 1. The van der Waals surface area contributed by atoms with Crippen molar-refractivity contribution in [3.8, 4) is 11.5 Å². The highest BCUT2D eigenvalue weighted by atomic mass is 35.5. The van der Waals surface area contributed by atoms with Crippen molar-refractivity contribution in [3.63, 3.8) is 0 Å². The topological polar surface area (TPSA) is 144 Å². The van der Waals surface area contributed by atoms with Gasteiger partial charge in [-0.25, -0.2) is 28.7 Å². The predicted octanol–water partition coefficient (Wildman–Crippen LogP) is 3.24. The first-order valence-corrected chi connectivity index (χ1v) is 11.7. The molecule has 13 heteroatoms. The standard InChI is InChI=1S/C25H17ClF2N8O2/c1-25(18-8-17(37)12(26)9-31-18)19-20(29)33-21(34-22(19)35-24(25)38)16-10-36-6-5-30-23(36)15(32-16)7-11-13(27)3-2-4-14(11)28/h2-6,8-10H,7H2,1H3,(H,31,37)(H3,29,33,34,35,38)/t25-/m1/s1. The maximum Gasteiger partial charge on any atom is 0.242 e. The van der Waals surface area contributed by atoms with Gasteiger partial charge in [0.15, 0.2) is 16.9 Å². The Kier molecular flexibility index (Phi) is 5.24. The number of fused-ring (bicyclic) bond motifs is 2. The molecule has 0 radical (unpaired) electrons. The summed E-state index contributed by atoms with van der Waals surface area (Å²) in [5.74, 6) is -1.69. The molecule has 0 saturated carbocycles. The molecule has 0 aliphatic carbocycles. The van der Waals surface area contributed by atoms with Crippen LogP contribution in [-0.2, 0) is 16.6 Å². The number of carbonyl (C=O) groups excluding carboxylic acids is 1. The van der Waals surface area contributed by atoms with Crippen molar-refractivity contribution in [2.75, 3.05) is 11.1 Å². The lowest BCUT2D eigenvalue weighted by molar-refractivity contribution is -0.119. The maximum atomic E-state index is 14.4. The lowest BCUT2D eigenvalue weighted by Gasteiger charge is -2.22.